The Kier molecular flexibility index (Phi) is 6.79. The largest absolute Gasteiger partial charge is 0.338 e. The maximum absolute atomic E-state index is 12.8. The molecule has 160 valence electrons. The van der Waals surface area contributed by atoms with E-state index in [2.05, 4.69) is 56.3 Å². The first-order valence-electron chi connectivity index (χ1n) is 11.1. The minimum Gasteiger partial charge on any atom is -0.338 e. The second kappa shape index (κ2) is 9.89. The van der Waals surface area contributed by atoms with Crippen LogP contribution in [0, 0.1) is 6.92 Å². The molecule has 2 aliphatic heterocycles. The van der Waals surface area contributed by atoms with Gasteiger partial charge in [0.2, 0.25) is 5.95 Å². The van der Waals surface area contributed by atoms with Crippen molar-refractivity contribution in [2.45, 2.75) is 32.2 Å². The van der Waals surface area contributed by atoms with Gasteiger partial charge in [0, 0.05) is 51.7 Å². The average Bonchev–Trinajstić information content (AvgIpc) is 3.28. The molecular formula is C23H32N6O. The first kappa shape index (κ1) is 20.6. The zero-order valence-corrected chi connectivity index (χ0v) is 17.8. The number of nitrogens with zero attached hydrogens (tertiary/aromatic N) is 5. The predicted molar refractivity (Wildman–Crippen MR) is 119 cm³/mol. The lowest BCUT2D eigenvalue weighted by molar-refractivity contribution is 0.191. The Labute approximate surface area is 179 Å². The van der Waals surface area contributed by atoms with Crippen LogP contribution in [0.1, 0.15) is 36.4 Å². The van der Waals surface area contributed by atoms with E-state index < -0.39 is 0 Å². The van der Waals surface area contributed by atoms with Gasteiger partial charge in [-0.1, -0.05) is 24.3 Å². The van der Waals surface area contributed by atoms with E-state index in [1.54, 1.807) is 12.4 Å². The van der Waals surface area contributed by atoms with E-state index in [-0.39, 0.29) is 12.1 Å². The Hall–Kier alpha value is -2.67. The molecule has 0 spiro atoms. The minimum atomic E-state index is 0.0757. The Bertz CT molecular complexity index is 821. The highest BCUT2D eigenvalue weighted by molar-refractivity contribution is 5.75. The van der Waals surface area contributed by atoms with Crippen molar-refractivity contribution in [2.75, 3.05) is 50.7 Å². The summed E-state index contributed by atoms with van der Waals surface area (Å²) in [5, 5.41) is 3.15. The first-order chi connectivity index (χ1) is 14.7. The Morgan fingerprint density at radius 3 is 2.60 bits per heavy atom. The molecular weight excluding hydrogens is 376 g/mol. The summed E-state index contributed by atoms with van der Waals surface area (Å²) in [6.07, 6.45) is 6.68. The number of piperazine rings is 1. The summed E-state index contributed by atoms with van der Waals surface area (Å²) in [4.78, 5) is 28.2. The maximum Gasteiger partial charge on any atom is 0.317 e. The number of aromatic nitrogens is 2. The van der Waals surface area contributed by atoms with E-state index in [4.69, 9.17) is 0 Å². The van der Waals surface area contributed by atoms with E-state index in [1.807, 2.05) is 11.0 Å². The smallest absolute Gasteiger partial charge is 0.317 e. The highest BCUT2D eigenvalue weighted by Gasteiger charge is 2.30. The van der Waals surface area contributed by atoms with Crippen molar-refractivity contribution in [1.82, 2.24) is 25.1 Å². The number of likely N-dealkylation sites (tertiary alicyclic amines) is 1. The lowest BCUT2D eigenvalue weighted by atomic mass is 9.99. The molecule has 2 saturated heterocycles. The molecule has 3 heterocycles. The molecule has 7 nitrogen and oxygen atoms in total. The number of rotatable bonds is 6. The fourth-order valence-corrected chi connectivity index (χ4v) is 4.52. The average molecular weight is 409 g/mol. The van der Waals surface area contributed by atoms with Crippen molar-refractivity contribution >= 4 is 12.0 Å². The molecule has 7 heteroatoms. The third kappa shape index (κ3) is 4.90. The third-order valence-corrected chi connectivity index (χ3v) is 6.20. The monoisotopic (exact) mass is 408 g/mol. The van der Waals surface area contributed by atoms with Crippen LogP contribution in [0.3, 0.4) is 0 Å². The molecule has 0 saturated carbocycles. The van der Waals surface area contributed by atoms with Crippen molar-refractivity contribution in [3.05, 3.63) is 53.9 Å². The Morgan fingerprint density at radius 1 is 1.07 bits per heavy atom. The second-order valence-electron chi connectivity index (χ2n) is 8.17. The summed E-state index contributed by atoms with van der Waals surface area (Å²) in [6, 6.07) is 10.6. The highest BCUT2D eigenvalue weighted by atomic mass is 16.2. The maximum atomic E-state index is 12.8. The van der Waals surface area contributed by atoms with Crippen molar-refractivity contribution in [1.29, 1.82) is 0 Å². The lowest BCUT2D eigenvalue weighted by Gasteiger charge is -2.34. The molecule has 2 fully saturated rings. The summed E-state index contributed by atoms with van der Waals surface area (Å²) in [5.74, 6) is 0.818. The van der Waals surface area contributed by atoms with Crippen LogP contribution in [-0.4, -0.2) is 71.6 Å². The Morgan fingerprint density at radius 2 is 1.83 bits per heavy atom. The number of benzene rings is 1. The van der Waals surface area contributed by atoms with Crippen molar-refractivity contribution in [3.8, 4) is 0 Å². The number of nitrogens with one attached hydrogen (secondary N) is 1. The summed E-state index contributed by atoms with van der Waals surface area (Å²) in [5.41, 5.74) is 2.55. The molecule has 1 N–H and O–H groups in total. The molecule has 1 atom stereocenters. The van der Waals surface area contributed by atoms with Crippen LogP contribution in [0.25, 0.3) is 0 Å². The zero-order valence-electron chi connectivity index (χ0n) is 17.8. The summed E-state index contributed by atoms with van der Waals surface area (Å²) >= 11 is 0. The molecule has 1 unspecified atom stereocenters. The highest BCUT2D eigenvalue weighted by Crippen LogP contribution is 2.33. The molecule has 2 aromatic rings. The summed E-state index contributed by atoms with van der Waals surface area (Å²) < 4.78 is 0. The van der Waals surface area contributed by atoms with Gasteiger partial charge in [0.15, 0.2) is 0 Å². The van der Waals surface area contributed by atoms with E-state index in [9.17, 15) is 4.79 Å². The second-order valence-corrected chi connectivity index (χ2v) is 8.17. The standard InChI is InChI=1S/C23H32N6O/c1-19-7-2-3-8-20(19)21-9-4-14-29(21)23(30)26-12-6-13-27-15-17-28(18-16-27)22-24-10-5-11-25-22/h2-3,5,7-8,10-11,21H,4,6,9,12-18H2,1H3,(H,26,30). The molecule has 30 heavy (non-hydrogen) atoms. The van der Waals surface area contributed by atoms with Gasteiger partial charge < -0.3 is 15.1 Å². The zero-order chi connectivity index (χ0) is 20.8. The van der Waals surface area contributed by atoms with Gasteiger partial charge >= 0.3 is 6.03 Å². The SMILES string of the molecule is Cc1ccccc1C1CCCN1C(=O)NCCCN1CCN(c2ncccn2)CC1. The number of urea groups is 1. The van der Waals surface area contributed by atoms with Crippen LogP contribution < -0.4 is 10.2 Å². The van der Waals surface area contributed by atoms with E-state index in [0.29, 0.717) is 0 Å². The number of hydrogen-bond acceptors (Lipinski definition) is 5. The lowest BCUT2D eigenvalue weighted by Crippen LogP contribution is -2.47. The van der Waals surface area contributed by atoms with Crippen LogP contribution in [0.2, 0.25) is 0 Å². The minimum absolute atomic E-state index is 0.0757. The Balaban J connectivity index is 1.18. The predicted octanol–water partition coefficient (Wildman–Crippen LogP) is 2.84. The quantitative estimate of drug-likeness (QED) is 0.745. The van der Waals surface area contributed by atoms with Crippen LogP contribution in [0.5, 0.6) is 0 Å². The van der Waals surface area contributed by atoms with Gasteiger partial charge in [-0.25, -0.2) is 14.8 Å². The van der Waals surface area contributed by atoms with E-state index in [0.717, 1.165) is 71.0 Å². The number of carbonyl (C=O) groups is 1. The molecule has 1 aromatic heterocycles. The van der Waals surface area contributed by atoms with Crippen LogP contribution in [0.4, 0.5) is 10.7 Å². The van der Waals surface area contributed by atoms with Gasteiger partial charge in [-0.2, -0.15) is 0 Å². The summed E-state index contributed by atoms with van der Waals surface area (Å²) in [7, 11) is 0. The van der Waals surface area contributed by atoms with Gasteiger partial charge in [0.1, 0.15) is 0 Å². The summed E-state index contributed by atoms with van der Waals surface area (Å²) in [6.45, 7) is 8.61. The third-order valence-electron chi connectivity index (χ3n) is 6.20. The van der Waals surface area contributed by atoms with Crippen molar-refractivity contribution in [2.24, 2.45) is 0 Å². The van der Waals surface area contributed by atoms with E-state index in [1.165, 1.54) is 11.1 Å². The van der Waals surface area contributed by atoms with Gasteiger partial charge in [0.05, 0.1) is 6.04 Å². The molecule has 0 aliphatic carbocycles. The van der Waals surface area contributed by atoms with Crippen LogP contribution in [0.15, 0.2) is 42.7 Å². The topological polar surface area (TPSA) is 64.6 Å². The number of amides is 2. The number of anilines is 1. The van der Waals surface area contributed by atoms with Gasteiger partial charge in [0.25, 0.3) is 0 Å². The molecule has 4 rings (SSSR count). The number of hydrogen-bond donors (Lipinski definition) is 1. The van der Waals surface area contributed by atoms with E-state index >= 15 is 0 Å². The normalized spacial score (nSPS) is 19.8. The van der Waals surface area contributed by atoms with Crippen LogP contribution in [-0.2, 0) is 0 Å². The van der Waals surface area contributed by atoms with Crippen molar-refractivity contribution < 1.29 is 4.79 Å². The number of aryl methyl sites for hydroxylation is 1. The van der Waals surface area contributed by atoms with Gasteiger partial charge in [-0.3, -0.25) is 4.90 Å². The van der Waals surface area contributed by atoms with Crippen LogP contribution >= 0.6 is 0 Å². The molecule has 1 aromatic carbocycles. The fourth-order valence-electron chi connectivity index (χ4n) is 4.52. The molecule has 0 radical (unpaired) electrons. The van der Waals surface area contributed by atoms with Gasteiger partial charge in [-0.05, 0) is 49.9 Å². The fraction of sp³-hybridized carbons (Fsp3) is 0.522. The van der Waals surface area contributed by atoms with Crippen molar-refractivity contribution in [3.63, 3.8) is 0 Å². The molecule has 2 amide bonds. The molecule has 2 aliphatic rings. The first-order valence-corrected chi connectivity index (χ1v) is 11.1. The number of carbonyl (C=O) groups excluding carboxylic acids is 1. The molecule has 0 bridgehead atoms. The van der Waals surface area contributed by atoms with Gasteiger partial charge in [-0.15, -0.1) is 0 Å².